The number of hydrogen-bond donors (Lipinski definition) is 2. The number of nitrogens with two attached hydrogens (primary N) is 1. The maximum Gasteiger partial charge on any atom is 0.223 e. The zero-order valence-electron chi connectivity index (χ0n) is 10.7. The number of halogens is 1. The van der Waals surface area contributed by atoms with Crippen LogP contribution in [0.1, 0.15) is 18.9 Å². The number of carbonyl (C=O) groups excluding carboxylic acids is 1. The summed E-state index contributed by atoms with van der Waals surface area (Å²) in [4.78, 5) is 11.0. The normalized spacial score (nSPS) is 12.0. The molecule has 0 saturated carbocycles. The zero-order valence-corrected chi connectivity index (χ0v) is 11.5. The second-order valence-electron chi connectivity index (χ2n) is 4.22. The van der Waals surface area contributed by atoms with Crippen molar-refractivity contribution >= 4 is 17.5 Å². The molecule has 0 aliphatic rings. The van der Waals surface area contributed by atoms with Gasteiger partial charge in [0.25, 0.3) is 0 Å². The van der Waals surface area contributed by atoms with Gasteiger partial charge in [0.15, 0.2) is 0 Å². The van der Waals surface area contributed by atoms with Crippen molar-refractivity contribution in [3.63, 3.8) is 0 Å². The van der Waals surface area contributed by atoms with Crippen LogP contribution in [0.15, 0.2) is 18.2 Å². The maximum absolute atomic E-state index is 11.0. The van der Waals surface area contributed by atoms with E-state index in [1.165, 1.54) is 0 Å². The van der Waals surface area contributed by atoms with Crippen LogP contribution in [0.4, 0.5) is 0 Å². The van der Waals surface area contributed by atoms with E-state index in [0.717, 1.165) is 12.0 Å². The molecule has 1 rings (SSSR count). The molecule has 1 unspecified atom stereocenters. The molecule has 1 atom stereocenters. The van der Waals surface area contributed by atoms with Gasteiger partial charge < -0.3 is 15.8 Å². The van der Waals surface area contributed by atoms with Crippen LogP contribution in [-0.4, -0.2) is 25.6 Å². The van der Waals surface area contributed by atoms with Crippen molar-refractivity contribution in [1.82, 2.24) is 5.32 Å². The first kappa shape index (κ1) is 14.8. The summed E-state index contributed by atoms with van der Waals surface area (Å²) in [7, 11) is 1.60. The van der Waals surface area contributed by atoms with Gasteiger partial charge in [-0.2, -0.15) is 0 Å². The predicted molar refractivity (Wildman–Crippen MR) is 73.0 cm³/mol. The first-order valence-electron chi connectivity index (χ1n) is 5.90. The summed E-state index contributed by atoms with van der Waals surface area (Å²) in [5.74, 6) is 0.536. The van der Waals surface area contributed by atoms with E-state index in [2.05, 4.69) is 5.32 Å². The van der Waals surface area contributed by atoms with Crippen LogP contribution in [-0.2, 0) is 11.2 Å². The molecule has 0 heterocycles. The quantitative estimate of drug-likeness (QED) is 0.828. The molecule has 3 N–H and O–H groups in total. The molecular formula is C13H19ClN2O2. The second kappa shape index (κ2) is 7.24. The number of nitrogens with one attached hydrogen (secondary N) is 1. The van der Waals surface area contributed by atoms with E-state index in [4.69, 9.17) is 22.1 Å². The highest BCUT2D eigenvalue weighted by atomic mass is 35.5. The fraction of sp³-hybridized carbons (Fsp3) is 0.462. The molecular weight excluding hydrogens is 252 g/mol. The number of hydrogen-bond acceptors (Lipinski definition) is 3. The Hall–Kier alpha value is -1.26. The van der Waals surface area contributed by atoms with E-state index in [1.807, 2.05) is 25.1 Å². The predicted octanol–water partition coefficient (Wildman–Crippen LogP) is 1.74. The summed E-state index contributed by atoms with van der Waals surface area (Å²) in [5.41, 5.74) is 6.80. The molecule has 0 saturated heterocycles. The van der Waals surface area contributed by atoms with Gasteiger partial charge in [-0.05, 0) is 31.0 Å². The Kier molecular flexibility index (Phi) is 5.95. The van der Waals surface area contributed by atoms with Gasteiger partial charge in [-0.25, -0.2) is 0 Å². The van der Waals surface area contributed by atoms with Crippen LogP contribution in [0, 0.1) is 0 Å². The standard InChI is InChI=1S/C13H19ClN2O2/c1-9(15)7-10-3-4-12(11(14)8-10)18-6-5-13(17)16-2/h3-4,8-9H,5-7,15H2,1-2H3,(H,16,17). The minimum atomic E-state index is -0.0558. The molecule has 0 aliphatic carbocycles. The van der Waals surface area contributed by atoms with Crippen molar-refractivity contribution in [2.24, 2.45) is 5.73 Å². The van der Waals surface area contributed by atoms with Crippen molar-refractivity contribution in [2.75, 3.05) is 13.7 Å². The Balaban J connectivity index is 2.54. The lowest BCUT2D eigenvalue weighted by molar-refractivity contribution is -0.121. The monoisotopic (exact) mass is 270 g/mol. The van der Waals surface area contributed by atoms with Gasteiger partial charge in [-0.15, -0.1) is 0 Å². The largest absolute Gasteiger partial charge is 0.491 e. The molecule has 1 amide bonds. The van der Waals surface area contributed by atoms with E-state index >= 15 is 0 Å². The van der Waals surface area contributed by atoms with E-state index in [1.54, 1.807) is 7.05 Å². The number of amides is 1. The van der Waals surface area contributed by atoms with E-state index in [0.29, 0.717) is 23.8 Å². The van der Waals surface area contributed by atoms with Crippen molar-refractivity contribution in [2.45, 2.75) is 25.8 Å². The van der Waals surface area contributed by atoms with Crippen LogP contribution in [0.5, 0.6) is 5.75 Å². The van der Waals surface area contributed by atoms with Crippen molar-refractivity contribution in [3.8, 4) is 5.75 Å². The molecule has 0 bridgehead atoms. The third-order valence-corrected chi connectivity index (χ3v) is 2.71. The molecule has 0 radical (unpaired) electrons. The molecule has 0 aromatic heterocycles. The van der Waals surface area contributed by atoms with Crippen molar-refractivity contribution < 1.29 is 9.53 Å². The second-order valence-corrected chi connectivity index (χ2v) is 4.63. The molecule has 0 fully saturated rings. The molecule has 0 spiro atoms. The Morgan fingerprint density at radius 1 is 1.56 bits per heavy atom. The average Bonchev–Trinajstić information content (AvgIpc) is 2.31. The minimum absolute atomic E-state index is 0.0558. The van der Waals surface area contributed by atoms with Gasteiger partial charge in [-0.3, -0.25) is 4.79 Å². The van der Waals surface area contributed by atoms with Crippen LogP contribution in [0.3, 0.4) is 0 Å². The Labute approximate surface area is 112 Å². The lowest BCUT2D eigenvalue weighted by Crippen LogP contribution is -2.20. The topological polar surface area (TPSA) is 64.3 Å². The molecule has 1 aromatic rings. The highest BCUT2D eigenvalue weighted by Crippen LogP contribution is 2.26. The van der Waals surface area contributed by atoms with Gasteiger partial charge in [0.1, 0.15) is 5.75 Å². The van der Waals surface area contributed by atoms with Gasteiger partial charge in [0, 0.05) is 13.1 Å². The van der Waals surface area contributed by atoms with E-state index in [-0.39, 0.29) is 11.9 Å². The summed E-state index contributed by atoms with van der Waals surface area (Å²) in [5, 5.41) is 3.08. The molecule has 18 heavy (non-hydrogen) atoms. The number of ether oxygens (including phenoxy) is 1. The van der Waals surface area contributed by atoms with E-state index in [9.17, 15) is 4.79 Å². The smallest absolute Gasteiger partial charge is 0.223 e. The van der Waals surface area contributed by atoms with Gasteiger partial charge in [0.2, 0.25) is 5.91 Å². The Morgan fingerprint density at radius 2 is 2.28 bits per heavy atom. The fourth-order valence-electron chi connectivity index (χ4n) is 1.54. The average molecular weight is 271 g/mol. The summed E-state index contributed by atoms with van der Waals surface area (Å²) >= 11 is 6.10. The van der Waals surface area contributed by atoms with Crippen LogP contribution in [0.25, 0.3) is 0 Å². The van der Waals surface area contributed by atoms with Crippen LogP contribution < -0.4 is 15.8 Å². The van der Waals surface area contributed by atoms with Gasteiger partial charge in [0.05, 0.1) is 18.1 Å². The van der Waals surface area contributed by atoms with Gasteiger partial charge >= 0.3 is 0 Å². The highest BCUT2D eigenvalue weighted by Gasteiger charge is 2.06. The molecule has 100 valence electrons. The maximum atomic E-state index is 11.0. The van der Waals surface area contributed by atoms with Gasteiger partial charge in [-0.1, -0.05) is 17.7 Å². The fourth-order valence-corrected chi connectivity index (χ4v) is 1.80. The molecule has 1 aromatic carbocycles. The number of rotatable bonds is 6. The molecule has 4 nitrogen and oxygen atoms in total. The highest BCUT2D eigenvalue weighted by molar-refractivity contribution is 6.32. The van der Waals surface area contributed by atoms with E-state index < -0.39 is 0 Å². The Morgan fingerprint density at radius 3 is 2.83 bits per heavy atom. The van der Waals surface area contributed by atoms with Crippen molar-refractivity contribution in [1.29, 1.82) is 0 Å². The lowest BCUT2D eigenvalue weighted by atomic mass is 10.1. The molecule has 5 heteroatoms. The third-order valence-electron chi connectivity index (χ3n) is 2.42. The summed E-state index contributed by atoms with van der Waals surface area (Å²) < 4.78 is 5.45. The zero-order chi connectivity index (χ0) is 13.5. The first-order chi connectivity index (χ1) is 8.52. The van der Waals surface area contributed by atoms with Crippen LogP contribution >= 0.6 is 11.6 Å². The summed E-state index contributed by atoms with van der Waals surface area (Å²) in [6.07, 6.45) is 1.09. The summed E-state index contributed by atoms with van der Waals surface area (Å²) in [6.45, 7) is 2.26. The van der Waals surface area contributed by atoms with Crippen LogP contribution in [0.2, 0.25) is 5.02 Å². The number of carbonyl (C=O) groups is 1. The minimum Gasteiger partial charge on any atom is -0.491 e. The molecule has 0 aliphatic heterocycles. The first-order valence-corrected chi connectivity index (χ1v) is 6.28. The van der Waals surface area contributed by atoms with Crippen molar-refractivity contribution in [3.05, 3.63) is 28.8 Å². The third kappa shape index (κ3) is 4.94. The number of benzene rings is 1. The SMILES string of the molecule is CNC(=O)CCOc1ccc(CC(C)N)cc1Cl. The lowest BCUT2D eigenvalue weighted by Gasteiger charge is -2.10. The summed E-state index contributed by atoms with van der Waals surface area (Å²) in [6, 6.07) is 5.69. The Bertz CT molecular complexity index is 408.